The normalized spacial score (nSPS) is 17.2. The van der Waals surface area contributed by atoms with E-state index in [1.165, 1.54) is 6.20 Å². The van der Waals surface area contributed by atoms with Gasteiger partial charge >= 0.3 is 6.18 Å². The monoisotopic (exact) mass is 331 g/mol. The Labute approximate surface area is 132 Å². The first kappa shape index (κ1) is 17.5. The first-order valence-corrected chi connectivity index (χ1v) is 7.59. The highest BCUT2D eigenvalue weighted by Crippen LogP contribution is 2.25. The van der Waals surface area contributed by atoms with Crippen LogP contribution in [-0.4, -0.2) is 41.1 Å². The van der Waals surface area contributed by atoms with Crippen LogP contribution in [0.15, 0.2) is 23.1 Å². The minimum atomic E-state index is -4.72. The number of nitrogens with one attached hydrogen (secondary N) is 1. The zero-order chi connectivity index (χ0) is 17.0. The van der Waals surface area contributed by atoms with Crippen molar-refractivity contribution >= 4 is 5.91 Å². The van der Waals surface area contributed by atoms with E-state index in [2.05, 4.69) is 17.1 Å². The smallest absolute Gasteiger partial charge is 0.352 e. The third-order valence-corrected chi connectivity index (χ3v) is 4.04. The predicted octanol–water partition coefficient (Wildman–Crippen LogP) is 1.47. The van der Waals surface area contributed by atoms with Gasteiger partial charge in [0.2, 0.25) is 5.91 Å². The van der Waals surface area contributed by atoms with Crippen LogP contribution in [0.2, 0.25) is 0 Å². The van der Waals surface area contributed by atoms with E-state index in [4.69, 9.17) is 0 Å². The highest BCUT2D eigenvalue weighted by Gasteiger charge is 2.34. The average molecular weight is 331 g/mol. The molecule has 1 aliphatic rings. The Morgan fingerprint density at radius 1 is 1.35 bits per heavy atom. The predicted molar refractivity (Wildman–Crippen MR) is 79.0 cm³/mol. The summed E-state index contributed by atoms with van der Waals surface area (Å²) in [6.45, 7) is 4.38. The summed E-state index contributed by atoms with van der Waals surface area (Å²) in [7, 11) is 0. The Morgan fingerprint density at radius 2 is 2.00 bits per heavy atom. The van der Waals surface area contributed by atoms with Crippen LogP contribution in [-0.2, 0) is 17.5 Å². The van der Waals surface area contributed by atoms with Crippen LogP contribution >= 0.6 is 0 Å². The summed E-state index contributed by atoms with van der Waals surface area (Å²) in [5.41, 5.74) is -2.46. The van der Waals surface area contributed by atoms with Crippen molar-refractivity contribution in [1.82, 2.24) is 14.8 Å². The highest BCUT2D eigenvalue weighted by atomic mass is 19.4. The van der Waals surface area contributed by atoms with Gasteiger partial charge in [0.1, 0.15) is 12.1 Å². The van der Waals surface area contributed by atoms with Crippen molar-refractivity contribution in [3.8, 4) is 0 Å². The fourth-order valence-electron chi connectivity index (χ4n) is 2.70. The van der Waals surface area contributed by atoms with Crippen LogP contribution in [0.3, 0.4) is 0 Å². The van der Waals surface area contributed by atoms with Crippen LogP contribution in [0.25, 0.3) is 0 Å². The van der Waals surface area contributed by atoms with E-state index >= 15 is 0 Å². The molecule has 0 unspecified atom stereocenters. The van der Waals surface area contributed by atoms with E-state index < -0.39 is 29.8 Å². The molecule has 0 saturated carbocycles. The number of hydrogen-bond acceptors (Lipinski definition) is 3. The van der Waals surface area contributed by atoms with E-state index in [9.17, 15) is 22.8 Å². The summed E-state index contributed by atoms with van der Waals surface area (Å²) in [4.78, 5) is 26.0. The second kappa shape index (κ2) is 7.16. The van der Waals surface area contributed by atoms with Crippen molar-refractivity contribution in [2.24, 2.45) is 0 Å². The van der Waals surface area contributed by atoms with Crippen molar-refractivity contribution in [2.45, 2.75) is 38.5 Å². The molecule has 1 aromatic rings. The number of likely N-dealkylation sites (tertiary alicyclic amines) is 1. The second-order valence-electron chi connectivity index (χ2n) is 5.63. The maximum atomic E-state index is 12.7. The number of carbonyl (C=O) groups is 1. The molecule has 0 bridgehead atoms. The molecule has 0 radical (unpaired) electrons. The van der Waals surface area contributed by atoms with Gasteiger partial charge in [-0.2, -0.15) is 13.2 Å². The van der Waals surface area contributed by atoms with Crippen molar-refractivity contribution in [1.29, 1.82) is 0 Å². The molecule has 8 heteroatoms. The topological polar surface area (TPSA) is 54.3 Å². The van der Waals surface area contributed by atoms with E-state index in [1.54, 1.807) is 0 Å². The molecule has 0 aromatic carbocycles. The maximum absolute atomic E-state index is 12.7. The van der Waals surface area contributed by atoms with Gasteiger partial charge in [0.25, 0.3) is 5.56 Å². The first-order chi connectivity index (χ1) is 10.8. The molecule has 1 N–H and O–H groups in total. The molecule has 1 amide bonds. The molecule has 0 atom stereocenters. The Balaban J connectivity index is 1.97. The summed E-state index contributed by atoms with van der Waals surface area (Å²) in [5, 5.41) is 2.79. The number of carbonyl (C=O) groups excluding carboxylic acids is 1. The first-order valence-electron chi connectivity index (χ1n) is 7.59. The Hall–Kier alpha value is -1.83. The molecule has 0 aliphatic carbocycles. The SMILES string of the molecule is CCN1CCC(NC(=O)Cn2cccc(C(F)(F)F)c2=O)CC1. The minimum absolute atomic E-state index is 0.00630. The van der Waals surface area contributed by atoms with Crippen LogP contribution in [0, 0.1) is 0 Å². The maximum Gasteiger partial charge on any atom is 0.421 e. The van der Waals surface area contributed by atoms with E-state index in [1.807, 2.05) is 0 Å². The molecule has 1 fully saturated rings. The molecule has 2 heterocycles. The van der Waals surface area contributed by atoms with Gasteiger partial charge < -0.3 is 14.8 Å². The number of pyridine rings is 1. The van der Waals surface area contributed by atoms with Crippen LogP contribution in [0.5, 0.6) is 0 Å². The van der Waals surface area contributed by atoms with Gasteiger partial charge in [0, 0.05) is 25.3 Å². The third-order valence-electron chi connectivity index (χ3n) is 4.04. The summed E-state index contributed by atoms with van der Waals surface area (Å²) in [5.74, 6) is -0.443. The molecule has 5 nitrogen and oxygen atoms in total. The average Bonchev–Trinajstić information content (AvgIpc) is 2.49. The molecular formula is C15H20F3N3O2. The molecule has 1 aliphatic heterocycles. The van der Waals surface area contributed by atoms with Gasteiger partial charge in [0.05, 0.1) is 0 Å². The fraction of sp³-hybridized carbons (Fsp3) is 0.600. The second-order valence-corrected chi connectivity index (χ2v) is 5.63. The Bertz CT molecular complexity index is 605. The Kier molecular flexibility index (Phi) is 5.46. The Morgan fingerprint density at radius 3 is 2.57 bits per heavy atom. The lowest BCUT2D eigenvalue weighted by atomic mass is 10.1. The van der Waals surface area contributed by atoms with Crippen LogP contribution < -0.4 is 10.9 Å². The van der Waals surface area contributed by atoms with Gasteiger partial charge in [0.15, 0.2) is 0 Å². The van der Waals surface area contributed by atoms with Gasteiger partial charge in [-0.15, -0.1) is 0 Å². The third kappa shape index (κ3) is 4.57. The number of amides is 1. The number of aromatic nitrogens is 1. The summed E-state index contributed by atoms with van der Waals surface area (Å²) >= 11 is 0. The number of piperidine rings is 1. The standard InChI is InChI=1S/C15H20F3N3O2/c1-2-20-8-5-11(6-9-20)19-13(22)10-21-7-3-4-12(14(21)23)15(16,17)18/h3-4,7,11H,2,5-6,8-10H2,1H3,(H,19,22). The molecule has 1 saturated heterocycles. The van der Waals surface area contributed by atoms with Gasteiger partial charge in [-0.1, -0.05) is 6.92 Å². The summed E-state index contributed by atoms with van der Waals surface area (Å²) in [6.07, 6.45) is -1.92. The number of alkyl halides is 3. The quantitative estimate of drug-likeness (QED) is 0.909. The molecular weight excluding hydrogens is 311 g/mol. The zero-order valence-corrected chi connectivity index (χ0v) is 12.9. The van der Waals surface area contributed by atoms with Crippen molar-refractivity contribution in [3.05, 3.63) is 34.2 Å². The highest BCUT2D eigenvalue weighted by molar-refractivity contribution is 5.76. The molecule has 128 valence electrons. The lowest BCUT2D eigenvalue weighted by Crippen LogP contribution is -2.46. The number of halogens is 3. The van der Waals surface area contributed by atoms with Crippen LogP contribution in [0.1, 0.15) is 25.3 Å². The lowest BCUT2D eigenvalue weighted by Gasteiger charge is -2.31. The van der Waals surface area contributed by atoms with E-state index in [-0.39, 0.29) is 6.04 Å². The largest absolute Gasteiger partial charge is 0.421 e. The summed E-state index contributed by atoms with van der Waals surface area (Å²) in [6, 6.07) is 1.85. The molecule has 0 spiro atoms. The molecule has 1 aromatic heterocycles. The van der Waals surface area contributed by atoms with Crippen LogP contribution in [0.4, 0.5) is 13.2 Å². The van der Waals surface area contributed by atoms with Crippen molar-refractivity contribution < 1.29 is 18.0 Å². The number of nitrogens with zero attached hydrogens (tertiary/aromatic N) is 2. The molecule has 2 rings (SSSR count). The van der Waals surface area contributed by atoms with Crippen molar-refractivity contribution in [2.75, 3.05) is 19.6 Å². The number of rotatable bonds is 4. The zero-order valence-electron chi connectivity index (χ0n) is 12.9. The lowest BCUT2D eigenvalue weighted by molar-refractivity contribution is -0.139. The number of hydrogen-bond donors (Lipinski definition) is 1. The van der Waals surface area contributed by atoms with Gasteiger partial charge in [-0.3, -0.25) is 9.59 Å². The minimum Gasteiger partial charge on any atom is -0.352 e. The molecule has 23 heavy (non-hydrogen) atoms. The van der Waals surface area contributed by atoms with E-state index in [0.717, 1.165) is 49.2 Å². The summed E-state index contributed by atoms with van der Waals surface area (Å²) < 4.78 is 38.9. The van der Waals surface area contributed by atoms with Gasteiger partial charge in [-0.05, 0) is 31.5 Å². The van der Waals surface area contributed by atoms with Gasteiger partial charge in [-0.25, -0.2) is 0 Å². The van der Waals surface area contributed by atoms with Crippen molar-refractivity contribution in [3.63, 3.8) is 0 Å². The fourth-order valence-corrected chi connectivity index (χ4v) is 2.70. The van der Waals surface area contributed by atoms with E-state index in [0.29, 0.717) is 0 Å².